The van der Waals surface area contributed by atoms with Crippen molar-refractivity contribution in [1.82, 2.24) is 5.06 Å². The minimum Gasteiger partial charge on any atom is -0.272 e. The first kappa shape index (κ1) is 14.6. The fraction of sp³-hybridized carbons (Fsp3) is 0.375. The lowest BCUT2D eigenvalue weighted by molar-refractivity contribution is -0.166. The van der Waals surface area contributed by atoms with Gasteiger partial charge in [-0.15, -0.1) is 9.35 Å². The van der Waals surface area contributed by atoms with Crippen molar-refractivity contribution in [2.45, 2.75) is 18.2 Å². The summed E-state index contributed by atoms with van der Waals surface area (Å²) in [6.45, 7) is 1.83. The molecule has 1 aromatic carbocycles. The van der Waals surface area contributed by atoms with E-state index in [-0.39, 0.29) is 16.7 Å². The maximum Gasteiger partial charge on any atom is 0.318 e. The Morgan fingerprint density at radius 3 is 2.04 bits per heavy atom. The van der Waals surface area contributed by atoms with Crippen LogP contribution in [0.4, 0.5) is 0 Å². The lowest BCUT2D eigenvalue weighted by Crippen LogP contribution is -2.35. The van der Waals surface area contributed by atoms with E-state index < -0.39 is 33.8 Å². The molecule has 2 fully saturated rings. The fourth-order valence-corrected chi connectivity index (χ4v) is 4.69. The van der Waals surface area contributed by atoms with Crippen LogP contribution in [0.1, 0.15) is 12.0 Å². The molecule has 6 nitrogen and oxygen atoms in total. The second kappa shape index (κ2) is 4.75. The number of allylic oxidation sites excluding steroid dienone is 2. The van der Waals surface area contributed by atoms with E-state index in [9.17, 15) is 18.0 Å². The summed E-state index contributed by atoms with van der Waals surface area (Å²) in [4.78, 5) is 24.8. The number of amides is 2. The minimum atomic E-state index is -4.21. The molecule has 2 amide bonds. The minimum absolute atomic E-state index is 0.0112. The van der Waals surface area contributed by atoms with Crippen molar-refractivity contribution in [2.75, 3.05) is 0 Å². The Hall–Kier alpha value is -1.99. The average Bonchev–Trinajstić information content (AvgIpc) is 3.17. The molecule has 0 aromatic heterocycles. The smallest absolute Gasteiger partial charge is 0.272 e. The van der Waals surface area contributed by atoms with Gasteiger partial charge in [-0.2, -0.15) is 8.42 Å². The zero-order valence-electron chi connectivity index (χ0n) is 12.4. The first-order valence-electron chi connectivity index (χ1n) is 7.46. The molecule has 0 radical (unpaired) electrons. The van der Waals surface area contributed by atoms with Gasteiger partial charge < -0.3 is 0 Å². The number of hydrogen-bond acceptors (Lipinski definition) is 5. The molecule has 0 spiro atoms. The van der Waals surface area contributed by atoms with Gasteiger partial charge in [0.2, 0.25) is 0 Å². The number of rotatable bonds is 3. The van der Waals surface area contributed by atoms with E-state index >= 15 is 0 Å². The van der Waals surface area contributed by atoms with Crippen LogP contribution < -0.4 is 0 Å². The van der Waals surface area contributed by atoms with E-state index in [4.69, 9.17) is 4.28 Å². The van der Waals surface area contributed by atoms with Gasteiger partial charge in [-0.1, -0.05) is 29.8 Å². The molecule has 0 N–H and O–H groups in total. The molecule has 4 atom stereocenters. The van der Waals surface area contributed by atoms with Crippen molar-refractivity contribution >= 4 is 21.9 Å². The molecular weight excluding hydrogens is 318 g/mol. The highest BCUT2D eigenvalue weighted by molar-refractivity contribution is 7.86. The molecule has 23 heavy (non-hydrogen) atoms. The number of aryl methyl sites for hydroxylation is 1. The van der Waals surface area contributed by atoms with Crippen molar-refractivity contribution in [3.63, 3.8) is 0 Å². The summed E-state index contributed by atoms with van der Waals surface area (Å²) in [6.07, 6.45) is 4.66. The number of imide groups is 1. The van der Waals surface area contributed by atoms with Gasteiger partial charge in [0.15, 0.2) is 0 Å². The van der Waals surface area contributed by atoms with Crippen molar-refractivity contribution in [1.29, 1.82) is 0 Å². The number of benzene rings is 1. The van der Waals surface area contributed by atoms with Gasteiger partial charge in [-0.05, 0) is 37.3 Å². The molecule has 2 aliphatic carbocycles. The van der Waals surface area contributed by atoms with Gasteiger partial charge in [0.25, 0.3) is 11.8 Å². The Morgan fingerprint density at radius 1 is 1.00 bits per heavy atom. The number of nitrogens with zero attached hydrogens (tertiary/aromatic N) is 1. The highest BCUT2D eigenvalue weighted by Crippen LogP contribution is 2.52. The molecule has 3 aliphatic rings. The summed E-state index contributed by atoms with van der Waals surface area (Å²) in [5.74, 6) is -2.04. The topological polar surface area (TPSA) is 80.8 Å². The third-order valence-corrected chi connectivity index (χ3v) is 6.11. The van der Waals surface area contributed by atoms with E-state index in [2.05, 4.69) is 0 Å². The van der Waals surface area contributed by atoms with Crippen LogP contribution in [0, 0.1) is 30.6 Å². The summed E-state index contributed by atoms with van der Waals surface area (Å²) in [7, 11) is -4.21. The quantitative estimate of drug-likeness (QED) is 0.617. The molecule has 120 valence electrons. The van der Waals surface area contributed by atoms with E-state index in [1.807, 2.05) is 19.1 Å². The van der Waals surface area contributed by atoms with E-state index in [0.717, 1.165) is 12.0 Å². The normalized spacial score (nSPS) is 32.0. The third-order valence-electron chi connectivity index (χ3n) is 4.91. The summed E-state index contributed by atoms with van der Waals surface area (Å²) >= 11 is 0. The number of fused-ring (bicyclic) bond motifs is 5. The average molecular weight is 333 g/mol. The fourth-order valence-electron chi connectivity index (χ4n) is 3.79. The molecule has 0 unspecified atom stereocenters. The maximum absolute atomic E-state index is 12.4. The van der Waals surface area contributed by atoms with Crippen LogP contribution in [0.25, 0.3) is 0 Å². The second-order valence-electron chi connectivity index (χ2n) is 6.31. The predicted molar refractivity (Wildman–Crippen MR) is 79.0 cm³/mol. The van der Waals surface area contributed by atoms with E-state index in [1.54, 1.807) is 12.1 Å². The van der Waals surface area contributed by atoms with Gasteiger partial charge in [-0.3, -0.25) is 9.59 Å². The van der Waals surface area contributed by atoms with Gasteiger partial charge in [-0.25, -0.2) is 0 Å². The monoisotopic (exact) mass is 333 g/mol. The molecular formula is C16H15NO5S. The second-order valence-corrected chi connectivity index (χ2v) is 7.84. The zero-order valence-corrected chi connectivity index (χ0v) is 13.2. The summed E-state index contributed by atoms with van der Waals surface area (Å²) in [5.41, 5.74) is 0.898. The van der Waals surface area contributed by atoms with Crippen LogP contribution in [0.5, 0.6) is 0 Å². The maximum atomic E-state index is 12.4. The van der Waals surface area contributed by atoms with E-state index in [1.165, 1.54) is 12.1 Å². The van der Waals surface area contributed by atoms with Gasteiger partial charge in [0.1, 0.15) is 0 Å². The Kier molecular flexibility index (Phi) is 3.01. The van der Waals surface area contributed by atoms with Crippen LogP contribution in [0.15, 0.2) is 41.3 Å². The summed E-state index contributed by atoms with van der Waals surface area (Å²) in [5, 5.41) is 0.455. The third kappa shape index (κ3) is 2.07. The lowest BCUT2D eigenvalue weighted by atomic mass is 9.85. The van der Waals surface area contributed by atoms with Gasteiger partial charge >= 0.3 is 10.1 Å². The molecule has 1 saturated heterocycles. The van der Waals surface area contributed by atoms with Crippen LogP contribution in [-0.4, -0.2) is 25.3 Å². The van der Waals surface area contributed by atoms with Crippen LogP contribution in [0.3, 0.4) is 0 Å². The molecule has 1 aromatic rings. The van der Waals surface area contributed by atoms with Gasteiger partial charge in [0, 0.05) is 0 Å². The summed E-state index contributed by atoms with van der Waals surface area (Å²) in [6, 6.07) is 6.04. The highest BCUT2D eigenvalue weighted by atomic mass is 32.2. The predicted octanol–water partition coefficient (Wildman–Crippen LogP) is 1.42. The first-order chi connectivity index (χ1) is 10.9. The Labute approximate surface area is 133 Å². The number of hydrogen-bond donors (Lipinski definition) is 0. The molecule has 2 bridgehead atoms. The highest BCUT2D eigenvalue weighted by Gasteiger charge is 2.60. The van der Waals surface area contributed by atoms with Crippen molar-refractivity contribution in [3.8, 4) is 0 Å². The van der Waals surface area contributed by atoms with E-state index in [0.29, 0.717) is 5.06 Å². The summed E-state index contributed by atoms with van der Waals surface area (Å²) < 4.78 is 29.5. The van der Waals surface area contributed by atoms with Gasteiger partial charge in [0.05, 0.1) is 16.7 Å². The molecule has 1 aliphatic heterocycles. The number of carbonyl (C=O) groups is 2. The zero-order chi connectivity index (χ0) is 16.4. The largest absolute Gasteiger partial charge is 0.318 e. The molecule has 4 rings (SSSR count). The van der Waals surface area contributed by atoms with Crippen molar-refractivity contribution in [3.05, 3.63) is 42.0 Å². The molecule has 1 heterocycles. The van der Waals surface area contributed by atoms with Crippen LogP contribution in [0.2, 0.25) is 0 Å². The standard InChI is InChI=1S/C16H15NO5S/c1-9-2-6-12(7-3-9)23(20,21)22-17-15(18)13-10-4-5-11(8-10)14(13)16(17)19/h2-7,10-11,13-14H,8H2,1H3/t10-,11-,13-,14-/m0/s1. The van der Waals surface area contributed by atoms with Crippen LogP contribution >= 0.6 is 0 Å². The lowest BCUT2D eigenvalue weighted by Gasteiger charge is -2.16. The molecule has 7 heteroatoms. The Morgan fingerprint density at radius 2 is 1.52 bits per heavy atom. The first-order valence-corrected chi connectivity index (χ1v) is 8.87. The molecule has 1 saturated carbocycles. The number of carbonyl (C=O) groups excluding carboxylic acids is 2. The van der Waals surface area contributed by atoms with Crippen LogP contribution in [-0.2, 0) is 24.0 Å². The SMILES string of the molecule is Cc1ccc(S(=O)(=O)ON2C(=O)[C@@H]3[C@@H](C2=O)[C@H]2C=C[C@H]3C2)cc1. The number of hydroxylamine groups is 2. The Bertz CT molecular complexity index is 797. The van der Waals surface area contributed by atoms with Crippen molar-refractivity contribution in [2.24, 2.45) is 23.7 Å². The Balaban J connectivity index is 1.61. The van der Waals surface area contributed by atoms with Crippen molar-refractivity contribution < 1.29 is 22.3 Å².